The van der Waals surface area contributed by atoms with Gasteiger partial charge in [0.1, 0.15) is 6.26 Å². The lowest BCUT2D eigenvalue weighted by atomic mass is 9.62. The Balaban J connectivity index is 1.45. The minimum atomic E-state index is -2.90. The van der Waals surface area contributed by atoms with Gasteiger partial charge in [0.05, 0.1) is 31.2 Å². The van der Waals surface area contributed by atoms with Crippen LogP contribution in [0.4, 0.5) is 14.6 Å². The first kappa shape index (κ1) is 18.0. The Bertz CT molecular complexity index is 1120. The van der Waals surface area contributed by atoms with E-state index in [1.807, 2.05) is 6.20 Å². The molecule has 1 aliphatic carbocycles. The SMILES string of the molecule is COc1nc(NC(=O)c2coc(C(F)F)n2)cn2cc(C34COC(C)(C3)C4)nc12. The van der Waals surface area contributed by atoms with Gasteiger partial charge >= 0.3 is 6.43 Å². The predicted molar refractivity (Wildman–Crippen MR) is 94.2 cm³/mol. The molecule has 0 spiro atoms. The van der Waals surface area contributed by atoms with Crippen molar-refractivity contribution in [2.24, 2.45) is 0 Å². The Morgan fingerprint density at radius 3 is 2.72 bits per heavy atom. The lowest BCUT2D eigenvalue weighted by molar-refractivity contribution is 0.0154. The van der Waals surface area contributed by atoms with Crippen molar-refractivity contribution in [2.75, 3.05) is 19.0 Å². The van der Waals surface area contributed by atoms with Gasteiger partial charge in [0, 0.05) is 11.6 Å². The smallest absolute Gasteiger partial charge is 0.313 e. The number of carbonyl (C=O) groups is 1. The topological polar surface area (TPSA) is 104 Å². The maximum Gasteiger partial charge on any atom is 0.313 e. The van der Waals surface area contributed by atoms with Gasteiger partial charge in [-0.3, -0.25) is 9.20 Å². The van der Waals surface area contributed by atoms with Crippen molar-refractivity contribution in [3.63, 3.8) is 0 Å². The van der Waals surface area contributed by atoms with Gasteiger partial charge in [0.2, 0.25) is 5.65 Å². The monoisotopic (exact) mass is 405 g/mol. The molecular formula is C18H17F2N5O4. The van der Waals surface area contributed by atoms with E-state index in [0.717, 1.165) is 24.8 Å². The Hall–Kier alpha value is -3.08. The zero-order chi connectivity index (χ0) is 20.4. The second-order valence-corrected chi connectivity index (χ2v) is 7.69. The number of amides is 1. The van der Waals surface area contributed by atoms with Crippen LogP contribution >= 0.6 is 0 Å². The summed E-state index contributed by atoms with van der Waals surface area (Å²) in [4.78, 5) is 24.7. The number of aromatic nitrogens is 4. The van der Waals surface area contributed by atoms with Crippen LogP contribution in [0.1, 0.15) is 48.3 Å². The van der Waals surface area contributed by atoms with E-state index >= 15 is 0 Å². The number of anilines is 1. The Morgan fingerprint density at radius 1 is 1.31 bits per heavy atom. The first-order valence-electron chi connectivity index (χ1n) is 8.94. The van der Waals surface area contributed by atoms with Crippen LogP contribution in [-0.4, -0.2) is 44.6 Å². The van der Waals surface area contributed by atoms with Crippen LogP contribution in [0.15, 0.2) is 23.1 Å². The molecule has 2 saturated heterocycles. The number of nitrogens with one attached hydrogen (secondary N) is 1. The molecule has 6 rings (SSSR count). The highest BCUT2D eigenvalue weighted by Gasteiger charge is 2.61. The summed E-state index contributed by atoms with van der Waals surface area (Å²) in [6.07, 6.45) is 3.22. The summed E-state index contributed by atoms with van der Waals surface area (Å²) in [7, 11) is 1.45. The molecule has 3 aromatic rings. The van der Waals surface area contributed by atoms with E-state index in [2.05, 4.69) is 31.6 Å². The summed E-state index contributed by atoms with van der Waals surface area (Å²) in [6.45, 7) is 2.71. The number of rotatable bonds is 5. The Labute approximate surface area is 163 Å². The number of imidazole rings is 1. The molecule has 1 saturated carbocycles. The highest BCUT2D eigenvalue weighted by molar-refractivity contribution is 6.02. The van der Waals surface area contributed by atoms with Crippen LogP contribution in [0, 0.1) is 0 Å². The molecule has 0 radical (unpaired) electrons. The third kappa shape index (κ3) is 2.76. The molecule has 11 heteroatoms. The predicted octanol–water partition coefficient (Wildman–Crippen LogP) is 2.74. The summed E-state index contributed by atoms with van der Waals surface area (Å²) in [5.74, 6) is -1.17. The molecule has 1 amide bonds. The van der Waals surface area contributed by atoms with Crippen LogP contribution < -0.4 is 10.1 Å². The van der Waals surface area contributed by atoms with Gasteiger partial charge in [-0.2, -0.15) is 13.8 Å². The molecule has 0 atom stereocenters. The first-order chi connectivity index (χ1) is 13.8. The molecule has 3 aliphatic rings. The number of oxazole rings is 1. The summed E-state index contributed by atoms with van der Waals surface area (Å²) in [5, 5.41) is 2.51. The fraction of sp³-hybridized carbons (Fsp3) is 0.444. The van der Waals surface area contributed by atoms with E-state index in [1.54, 1.807) is 10.6 Å². The number of ether oxygens (including phenoxy) is 2. The number of fused-ring (bicyclic) bond motifs is 2. The van der Waals surface area contributed by atoms with Crippen molar-refractivity contribution in [3.8, 4) is 5.88 Å². The van der Waals surface area contributed by atoms with Gasteiger partial charge in [0.25, 0.3) is 17.7 Å². The van der Waals surface area contributed by atoms with Crippen LogP contribution in [-0.2, 0) is 10.2 Å². The Morgan fingerprint density at radius 2 is 2.10 bits per heavy atom. The van der Waals surface area contributed by atoms with Crippen LogP contribution in [0.2, 0.25) is 0 Å². The Kier molecular flexibility index (Phi) is 3.69. The van der Waals surface area contributed by atoms with Crippen molar-refractivity contribution in [2.45, 2.75) is 37.2 Å². The number of halogens is 2. The second kappa shape index (κ2) is 5.96. The second-order valence-electron chi connectivity index (χ2n) is 7.69. The molecule has 152 valence electrons. The van der Waals surface area contributed by atoms with E-state index in [4.69, 9.17) is 9.47 Å². The third-order valence-corrected chi connectivity index (χ3v) is 5.45. The number of carbonyl (C=O) groups excluding carboxylic acids is 1. The maximum absolute atomic E-state index is 12.6. The van der Waals surface area contributed by atoms with Gasteiger partial charge in [0.15, 0.2) is 11.5 Å². The van der Waals surface area contributed by atoms with Crippen LogP contribution in [0.5, 0.6) is 5.88 Å². The molecule has 0 unspecified atom stereocenters. The molecule has 9 nitrogen and oxygen atoms in total. The summed E-state index contributed by atoms with van der Waals surface area (Å²) >= 11 is 0. The summed E-state index contributed by atoms with van der Waals surface area (Å²) in [6, 6.07) is 0. The van der Waals surface area contributed by atoms with Crippen LogP contribution in [0.3, 0.4) is 0 Å². The molecule has 5 heterocycles. The van der Waals surface area contributed by atoms with Crippen molar-refractivity contribution >= 4 is 17.4 Å². The van der Waals surface area contributed by atoms with Gasteiger partial charge in [-0.15, -0.1) is 0 Å². The standard InChI is InChI=1S/C18H17F2N5O4/c1-17-6-18(7-17,8-29-17)10-3-25-4-11(24-16(27-2)13(25)22-10)23-14(26)9-5-28-15(21-9)12(19)20/h3-5,12H,6-8H2,1-2H3,(H,23,26). The molecule has 0 aromatic carbocycles. The van der Waals surface area contributed by atoms with Crippen molar-refractivity contribution < 1.29 is 27.5 Å². The van der Waals surface area contributed by atoms with Crippen molar-refractivity contribution in [1.29, 1.82) is 0 Å². The molecule has 3 aromatic heterocycles. The number of hydrogen-bond acceptors (Lipinski definition) is 7. The van der Waals surface area contributed by atoms with Gasteiger partial charge in [-0.1, -0.05) is 0 Å². The van der Waals surface area contributed by atoms with Gasteiger partial charge < -0.3 is 19.2 Å². The fourth-order valence-corrected chi connectivity index (χ4v) is 4.25. The fourth-order valence-electron chi connectivity index (χ4n) is 4.25. The van der Waals surface area contributed by atoms with Crippen LogP contribution in [0.25, 0.3) is 5.65 Å². The lowest BCUT2D eigenvalue weighted by Crippen LogP contribution is -2.45. The molecule has 2 bridgehead atoms. The highest BCUT2D eigenvalue weighted by atomic mass is 19.3. The molecule has 1 N–H and O–H groups in total. The number of methoxy groups -OCH3 is 1. The van der Waals surface area contributed by atoms with E-state index in [-0.39, 0.29) is 28.4 Å². The van der Waals surface area contributed by atoms with Crippen molar-refractivity contribution in [1.82, 2.24) is 19.4 Å². The largest absolute Gasteiger partial charge is 0.478 e. The minimum Gasteiger partial charge on any atom is -0.478 e. The number of hydrogen-bond donors (Lipinski definition) is 1. The van der Waals surface area contributed by atoms with Gasteiger partial charge in [-0.05, 0) is 19.8 Å². The molecule has 29 heavy (non-hydrogen) atoms. The van der Waals surface area contributed by atoms with E-state index in [9.17, 15) is 13.6 Å². The van der Waals surface area contributed by atoms with E-state index in [0.29, 0.717) is 12.3 Å². The van der Waals surface area contributed by atoms with E-state index < -0.39 is 18.2 Å². The number of nitrogens with zero attached hydrogens (tertiary/aromatic N) is 4. The zero-order valence-corrected chi connectivity index (χ0v) is 15.6. The number of alkyl halides is 2. The highest BCUT2D eigenvalue weighted by Crippen LogP contribution is 2.58. The normalized spacial score (nSPS) is 25.4. The molecule has 3 fully saturated rings. The first-order valence-corrected chi connectivity index (χ1v) is 8.94. The van der Waals surface area contributed by atoms with E-state index in [1.165, 1.54) is 7.11 Å². The maximum atomic E-state index is 12.6. The average Bonchev–Trinajstić information content (AvgIpc) is 3.41. The quantitative estimate of drug-likeness (QED) is 0.696. The lowest BCUT2D eigenvalue weighted by Gasteiger charge is -2.41. The van der Waals surface area contributed by atoms with Crippen molar-refractivity contribution in [3.05, 3.63) is 35.9 Å². The summed E-state index contributed by atoms with van der Waals surface area (Å²) < 4.78 is 42.7. The third-order valence-electron chi connectivity index (χ3n) is 5.45. The van der Waals surface area contributed by atoms with Gasteiger partial charge in [-0.25, -0.2) is 9.97 Å². The molecule has 2 aliphatic heterocycles. The summed E-state index contributed by atoms with van der Waals surface area (Å²) in [5.41, 5.74) is 0.933. The molecular weight excluding hydrogens is 388 g/mol. The average molecular weight is 405 g/mol. The minimum absolute atomic E-state index is 0.0774. The zero-order valence-electron chi connectivity index (χ0n) is 15.6.